The molecule has 2 aliphatic rings. The largest absolute Gasteiger partial charge is 0.311 e. The van der Waals surface area contributed by atoms with Gasteiger partial charge in [-0.05, 0) is 43.2 Å². The number of nitrogens with one attached hydrogen (secondary N) is 1. The Morgan fingerprint density at radius 2 is 1.58 bits per heavy atom. The van der Waals surface area contributed by atoms with Crippen molar-refractivity contribution in [1.29, 1.82) is 0 Å². The molecule has 0 atom stereocenters. The second kappa shape index (κ2) is 6.04. The molecule has 0 unspecified atom stereocenters. The third kappa shape index (κ3) is 3.17. The highest BCUT2D eigenvalue weighted by Crippen LogP contribution is 2.38. The zero-order chi connectivity index (χ0) is 13.1. The van der Waals surface area contributed by atoms with Gasteiger partial charge in [-0.2, -0.15) is 0 Å². The van der Waals surface area contributed by atoms with Crippen molar-refractivity contribution in [3.8, 4) is 0 Å². The Balaban J connectivity index is 1.49. The van der Waals surface area contributed by atoms with E-state index < -0.39 is 0 Å². The van der Waals surface area contributed by atoms with E-state index in [1.165, 1.54) is 38.5 Å². The summed E-state index contributed by atoms with van der Waals surface area (Å²) in [5.41, 5.74) is 0.918. The minimum absolute atomic E-state index is 0.0274. The molecule has 2 heteroatoms. The van der Waals surface area contributed by atoms with Crippen molar-refractivity contribution < 1.29 is 4.39 Å². The quantitative estimate of drug-likeness (QED) is 0.796. The van der Waals surface area contributed by atoms with Crippen molar-refractivity contribution in [3.05, 3.63) is 35.6 Å². The van der Waals surface area contributed by atoms with Crippen molar-refractivity contribution in [2.75, 3.05) is 0 Å². The lowest BCUT2D eigenvalue weighted by Gasteiger charge is -2.39. The maximum atomic E-state index is 13.7. The molecule has 2 aliphatic carbocycles. The van der Waals surface area contributed by atoms with Gasteiger partial charge in [0.05, 0.1) is 0 Å². The lowest BCUT2D eigenvalue weighted by molar-refractivity contribution is 0.251. The third-order valence-corrected chi connectivity index (χ3v) is 4.81. The Kier molecular flexibility index (Phi) is 4.17. The molecule has 1 aromatic rings. The summed E-state index contributed by atoms with van der Waals surface area (Å²) in [6.45, 7) is 0. The molecule has 0 amide bonds. The lowest BCUT2D eigenvalue weighted by atomic mass is 9.75. The van der Waals surface area contributed by atoms with Gasteiger partial charge in [-0.3, -0.25) is 0 Å². The van der Waals surface area contributed by atoms with Gasteiger partial charge >= 0.3 is 0 Å². The molecule has 2 saturated carbocycles. The molecule has 3 rings (SSSR count). The average molecular weight is 261 g/mol. The van der Waals surface area contributed by atoms with Crippen LogP contribution < -0.4 is 5.32 Å². The van der Waals surface area contributed by atoms with Crippen molar-refractivity contribution in [3.63, 3.8) is 0 Å². The van der Waals surface area contributed by atoms with Gasteiger partial charge in [0, 0.05) is 12.1 Å². The highest BCUT2D eigenvalue weighted by Gasteiger charge is 2.32. The van der Waals surface area contributed by atoms with Gasteiger partial charge in [0.1, 0.15) is 5.82 Å². The van der Waals surface area contributed by atoms with E-state index in [0.717, 1.165) is 18.4 Å². The molecule has 0 aliphatic heterocycles. The van der Waals surface area contributed by atoms with Crippen LogP contribution >= 0.6 is 0 Å². The summed E-state index contributed by atoms with van der Waals surface area (Å²) in [7, 11) is 0. The summed E-state index contributed by atoms with van der Waals surface area (Å²) >= 11 is 0. The third-order valence-electron chi connectivity index (χ3n) is 4.81. The SMILES string of the molecule is Fc1ccccc1C1CC(NC2CCCCCC2)C1. The van der Waals surface area contributed by atoms with Gasteiger partial charge in [-0.25, -0.2) is 4.39 Å². The second-order valence-corrected chi connectivity index (χ2v) is 6.24. The maximum Gasteiger partial charge on any atom is 0.126 e. The molecule has 1 N–H and O–H groups in total. The molecule has 1 nitrogen and oxygen atoms in total. The normalized spacial score (nSPS) is 28.7. The monoisotopic (exact) mass is 261 g/mol. The van der Waals surface area contributed by atoms with Crippen LogP contribution in [0.25, 0.3) is 0 Å². The lowest BCUT2D eigenvalue weighted by Crippen LogP contribution is -2.45. The molecule has 0 aromatic heterocycles. The molecular weight excluding hydrogens is 237 g/mol. The fourth-order valence-corrected chi connectivity index (χ4v) is 3.59. The Hall–Kier alpha value is -0.890. The van der Waals surface area contributed by atoms with Crippen molar-refractivity contribution >= 4 is 0 Å². The van der Waals surface area contributed by atoms with Crippen LogP contribution in [0.3, 0.4) is 0 Å². The Morgan fingerprint density at radius 1 is 0.895 bits per heavy atom. The van der Waals surface area contributed by atoms with E-state index in [1.54, 1.807) is 12.1 Å². The summed E-state index contributed by atoms with van der Waals surface area (Å²) in [6.07, 6.45) is 10.4. The highest BCUT2D eigenvalue weighted by atomic mass is 19.1. The summed E-state index contributed by atoms with van der Waals surface area (Å²) in [5, 5.41) is 3.79. The highest BCUT2D eigenvalue weighted by molar-refractivity contribution is 5.24. The maximum absolute atomic E-state index is 13.7. The summed E-state index contributed by atoms with van der Waals surface area (Å²) in [5.74, 6) is 0.407. The van der Waals surface area contributed by atoms with Crippen LogP contribution in [-0.4, -0.2) is 12.1 Å². The molecular formula is C17H24FN. The predicted molar refractivity (Wildman–Crippen MR) is 76.8 cm³/mol. The fourth-order valence-electron chi connectivity index (χ4n) is 3.59. The Morgan fingerprint density at radius 3 is 2.26 bits per heavy atom. The van der Waals surface area contributed by atoms with Crippen LogP contribution in [-0.2, 0) is 0 Å². The van der Waals surface area contributed by atoms with Crippen molar-refractivity contribution in [2.24, 2.45) is 0 Å². The van der Waals surface area contributed by atoms with Crippen LogP contribution in [0.1, 0.15) is 62.8 Å². The van der Waals surface area contributed by atoms with E-state index in [4.69, 9.17) is 0 Å². The van der Waals surface area contributed by atoms with Gasteiger partial charge in [-0.1, -0.05) is 43.9 Å². The van der Waals surface area contributed by atoms with Gasteiger partial charge in [0.15, 0.2) is 0 Å². The zero-order valence-electron chi connectivity index (χ0n) is 11.6. The first-order chi connectivity index (χ1) is 9.33. The average Bonchev–Trinajstić information content (AvgIpc) is 2.63. The van der Waals surface area contributed by atoms with E-state index >= 15 is 0 Å². The molecule has 1 aromatic carbocycles. The first-order valence-electron chi connectivity index (χ1n) is 7.83. The predicted octanol–water partition coefficient (Wildman–Crippen LogP) is 4.38. The van der Waals surface area contributed by atoms with E-state index in [9.17, 15) is 4.39 Å². The molecule has 19 heavy (non-hydrogen) atoms. The van der Waals surface area contributed by atoms with Gasteiger partial charge in [-0.15, -0.1) is 0 Å². The van der Waals surface area contributed by atoms with Crippen LogP contribution in [0.15, 0.2) is 24.3 Å². The van der Waals surface area contributed by atoms with Crippen LogP contribution in [0.4, 0.5) is 4.39 Å². The standard InChI is InChI=1S/C17H24FN/c18-17-10-6-5-9-16(17)13-11-15(12-13)19-14-7-3-1-2-4-8-14/h5-6,9-10,13-15,19H,1-4,7-8,11-12H2. The topological polar surface area (TPSA) is 12.0 Å². The van der Waals surface area contributed by atoms with E-state index in [0.29, 0.717) is 18.0 Å². The molecule has 2 fully saturated rings. The minimum atomic E-state index is -0.0274. The molecule has 0 heterocycles. The van der Waals surface area contributed by atoms with Crippen molar-refractivity contribution in [1.82, 2.24) is 5.32 Å². The number of hydrogen-bond acceptors (Lipinski definition) is 1. The van der Waals surface area contributed by atoms with E-state index in [2.05, 4.69) is 5.32 Å². The van der Waals surface area contributed by atoms with Crippen LogP contribution in [0, 0.1) is 5.82 Å². The molecule has 104 valence electrons. The van der Waals surface area contributed by atoms with Crippen molar-refractivity contribution in [2.45, 2.75) is 69.4 Å². The first-order valence-corrected chi connectivity index (χ1v) is 7.83. The zero-order valence-corrected chi connectivity index (χ0v) is 11.6. The minimum Gasteiger partial charge on any atom is -0.311 e. The Labute approximate surface area is 115 Å². The van der Waals surface area contributed by atoms with Gasteiger partial charge in [0.2, 0.25) is 0 Å². The summed E-state index contributed by atoms with van der Waals surface area (Å²) in [4.78, 5) is 0. The number of rotatable bonds is 3. The van der Waals surface area contributed by atoms with Crippen LogP contribution in [0.5, 0.6) is 0 Å². The van der Waals surface area contributed by atoms with E-state index in [-0.39, 0.29) is 5.82 Å². The Bertz CT molecular complexity index is 403. The molecule has 0 saturated heterocycles. The first kappa shape index (κ1) is 13.1. The molecule has 0 spiro atoms. The van der Waals surface area contributed by atoms with E-state index in [1.807, 2.05) is 12.1 Å². The summed E-state index contributed by atoms with van der Waals surface area (Å²) < 4.78 is 13.7. The smallest absolute Gasteiger partial charge is 0.126 e. The molecule has 0 radical (unpaired) electrons. The molecule has 0 bridgehead atoms. The van der Waals surface area contributed by atoms with Crippen LogP contribution in [0.2, 0.25) is 0 Å². The summed E-state index contributed by atoms with van der Waals surface area (Å²) in [6, 6.07) is 8.59. The number of hydrogen-bond donors (Lipinski definition) is 1. The number of benzene rings is 1. The second-order valence-electron chi connectivity index (χ2n) is 6.24. The van der Waals surface area contributed by atoms with Gasteiger partial charge in [0.25, 0.3) is 0 Å². The van der Waals surface area contributed by atoms with Gasteiger partial charge < -0.3 is 5.32 Å². The number of halogens is 1. The fraction of sp³-hybridized carbons (Fsp3) is 0.647.